The Bertz CT molecular complexity index is 438. The van der Waals surface area contributed by atoms with Crippen LogP contribution in [0.25, 0.3) is 0 Å². The number of hydrogen-bond acceptors (Lipinski definition) is 4. The average Bonchev–Trinajstić information content (AvgIpc) is 2.94. The number of piperidine rings is 1. The van der Waals surface area contributed by atoms with Crippen LogP contribution in [0.15, 0.2) is 24.5 Å². The van der Waals surface area contributed by atoms with Crippen LogP contribution in [0.5, 0.6) is 0 Å². The predicted octanol–water partition coefficient (Wildman–Crippen LogP) is 0.322. The maximum atomic E-state index is 12.3. The summed E-state index contributed by atoms with van der Waals surface area (Å²) in [6, 6.07) is 3.85. The van der Waals surface area contributed by atoms with Gasteiger partial charge in [-0.3, -0.25) is 9.78 Å². The molecule has 0 aromatic carbocycles. The van der Waals surface area contributed by atoms with Crippen LogP contribution in [0.2, 0.25) is 0 Å². The molecule has 5 nitrogen and oxygen atoms in total. The van der Waals surface area contributed by atoms with Gasteiger partial charge in [0, 0.05) is 44.6 Å². The quantitative estimate of drug-likeness (QED) is 0.822. The lowest BCUT2D eigenvalue weighted by Crippen LogP contribution is -2.50. The number of carbonyl (C=O) groups excluding carboxylic acids is 1. The number of fused-ring (bicyclic) bond motifs is 1. The van der Waals surface area contributed by atoms with Crippen molar-refractivity contribution in [2.45, 2.75) is 19.1 Å². The van der Waals surface area contributed by atoms with Crippen molar-refractivity contribution in [1.82, 2.24) is 15.6 Å². The van der Waals surface area contributed by atoms with Crippen molar-refractivity contribution in [3.63, 3.8) is 0 Å². The summed E-state index contributed by atoms with van der Waals surface area (Å²) in [5.74, 6) is 0.518. The maximum absolute atomic E-state index is 12.3. The third kappa shape index (κ3) is 2.77. The highest BCUT2D eigenvalue weighted by Gasteiger charge is 2.40. The fourth-order valence-corrected chi connectivity index (χ4v) is 2.98. The molecule has 2 saturated heterocycles. The molecule has 2 N–H and O–H groups in total. The van der Waals surface area contributed by atoms with Crippen molar-refractivity contribution in [1.29, 1.82) is 0 Å². The summed E-state index contributed by atoms with van der Waals surface area (Å²) in [7, 11) is 0. The van der Waals surface area contributed by atoms with Crippen molar-refractivity contribution >= 4 is 5.91 Å². The summed E-state index contributed by atoms with van der Waals surface area (Å²) in [6.45, 7) is 2.95. The third-order valence-electron chi connectivity index (χ3n) is 4.01. The minimum Gasteiger partial charge on any atom is -0.377 e. The summed E-state index contributed by atoms with van der Waals surface area (Å²) in [5, 5.41) is 6.29. The fourth-order valence-electron chi connectivity index (χ4n) is 2.98. The van der Waals surface area contributed by atoms with E-state index in [0.29, 0.717) is 12.5 Å². The molecule has 3 rings (SSSR count). The van der Waals surface area contributed by atoms with E-state index >= 15 is 0 Å². The molecule has 0 unspecified atom stereocenters. The Labute approximate surface area is 112 Å². The van der Waals surface area contributed by atoms with Crippen LogP contribution in [0.4, 0.5) is 0 Å². The molecule has 0 radical (unpaired) electrons. The third-order valence-corrected chi connectivity index (χ3v) is 4.01. The molecule has 2 aliphatic rings. The first kappa shape index (κ1) is 12.6. The highest BCUT2D eigenvalue weighted by Crippen LogP contribution is 2.30. The Morgan fingerprint density at radius 2 is 2.47 bits per heavy atom. The Kier molecular flexibility index (Phi) is 3.75. The van der Waals surface area contributed by atoms with E-state index in [1.807, 2.05) is 12.1 Å². The van der Waals surface area contributed by atoms with Crippen LogP contribution in [-0.2, 0) is 16.1 Å². The van der Waals surface area contributed by atoms with E-state index in [9.17, 15) is 4.79 Å². The van der Waals surface area contributed by atoms with Gasteiger partial charge in [0.05, 0.1) is 12.0 Å². The van der Waals surface area contributed by atoms with Gasteiger partial charge in [-0.25, -0.2) is 0 Å². The van der Waals surface area contributed by atoms with Crippen LogP contribution in [0.3, 0.4) is 0 Å². The first-order valence-corrected chi connectivity index (χ1v) is 6.83. The SMILES string of the molecule is O=C(NCc1cccnc1)[C@H]1CNC[C@H]2OCC[C@@H]12. The molecule has 1 aromatic rings. The number of amides is 1. The van der Waals surface area contributed by atoms with Gasteiger partial charge in [-0.15, -0.1) is 0 Å². The normalized spacial score (nSPS) is 29.8. The number of pyridine rings is 1. The van der Waals surface area contributed by atoms with Gasteiger partial charge in [0.1, 0.15) is 0 Å². The van der Waals surface area contributed by atoms with Crippen LogP contribution in [0, 0.1) is 11.8 Å². The van der Waals surface area contributed by atoms with Crippen molar-refractivity contribution in [3.8, 4) is 0 Å². The zero-order chi connectivity index (χ0) is 13.1. The molecule has 2 fully saturated rings. The zero-order valence-corrected chi connectivity index (χ0v) is 10.8. The van der Waals surface area contributed by atoms with E-state index in [2.05, 4.69) is 15.6 Å². The lowest BCUT2D eigenvalue weighted by Gasteiger charge is -2.32. The minimum absolute atomic E-state index is 0.0259. The van der Waals surface area contributed by atoms with Crippen molar-refractivity contribution in [2.24, 2.45) is 11.8 Å². The molecule has 19 heavy (non-hydrogen) atoms. The van der Waals surface area contributed by atoms with Gasteiger partial charge in [-0.05, 0) is 18.1 Å². The first-order valence-electron chi connectivity index (χ1n) is 6.83. The summed E-state index contributed by atoms with van der Waals surface area (Å²) in [5.41, 5.74) is 1.03. The molecule has 5 heteroatoms. The van der Waals surface area contributed by atoms with Gasteiger partial charge >= 0.3 is 0 Å². The molecule has 0 bridgehead atoms. The number of nitrogens with zero attached hydrogens (tertiary/aromatic N) is 1. The lowest BCUT2D eigenvalue weighted by atomic mass is 9.83. The summed E-state index contributed by atoms with van der Waals surface area (Å²) < 4.78 is 5.65. The molecule has 102 valence electrons. The smallest absolute Gasteiger partial charge is 0.225 e. The number of hydrogen-bond donors (Lipinski definition) is 2. The Morgan fingerprint density at radius 3 is 3.32 bits per heavy atom. The lowest BCUT2D eigenvalue weighted by molar-refractivity contribution is -0.128. The molecule has 0 saturated carbocycles. The standard InChI is InChI=1S/C14H19N3O2/c18-14(17-7-10-2-1-4-15-6-10)12-8-16-9-13-11(12)3-5-19-13/h1-2,4,6,11-13,16H,3,5,7-9H2,(H,17,18)/t11-,12-,13+/m0/s1. The molecular formula is C14H19N3O2. The second-order valence-electron chi connectivity index (χ2n) is 5.21. The van der Waals surface area contributed by atoms with E-state index in [-0.39, 0.29) is 17.9 Å². The molecule has 3 heterocycles. The molecule has 3 atom stereocenters. The largest absolute Gasteiger partial charge is 0.377 e. The van der Waals surface area contributed by atoms with Crippen molar-refractivity contribution in [2.75, 3.05) is 19.7 Å². The topological polar surface area (TPSA) is 63.2 Å². The van der Waals surface area contributed by atoms with Gasteiger partial charge in [0.25, 0.3) is 0 Å². The molecule has 1 aromatic heterocycles. The number of aromatic nitrogens is 1. The predicted molar refractivity (Wildman–Crippen MR) is 70.3 cm³/mol. The van der Waals surface area contributed by atoms with E-state index in [0.717, 1.165) is 31.7 Å². The molecule has 0 aliphatic carbocycles. The van der Waals surface area contributed by atoms with E-state index in [1.165, 1.54) is 0 Å². The Balaban J connectivity index is 1.57. The van der Waals surface area contributed by atoms with E-state index in [1.54, 1.807) is 12.4 Å². The van der Waals surface area contributed by atoms with Crippen LogP contribution < -0.4 is 10.6 Å². The summed E-state index contributed by atoms with van der Waals surface area (Å²) >= 11 is 0. The van der Waals surface area contributed by atoms with E-state index in [4.69, 9.17) is 4.74 Å². The average molecular weight is 261 g/mol. The number of ether oxygens (including phenoxy) is 1. The van der Waals surface area contributed by atoms with Gasteiger partial charge in [-0.1, -0.05) is 6.07 Å². The first-order chi connectivity index (χ1) is 9.34. The number of carbonyl (C=O) groups is 1. The summed E-state index contributed by atoms with van der Waals surface area (Å²) in [6.07, 6.45) is 4.72. The molecule has 0 spiro atoms. The van der Waals surface area contributed by atoms with Gasteiger partial charge in [-0.2, -0.15) is 0 Å². The highest BCUT2D eigenvalue weighted by atomic mass is 16.5. The van der Waals surface area contributed by atoms with Crippen LogP contribution in [0.1, 0.15) is 12.0 Å². The van der Waals surface area contributed by atoms with Crippen molar-refractivity contribution < 1.29 is 9.53 Å². The van der Waals surface area contributed by atoms with E-state index < -0.39 is 0 Å². The van der Waals surface area contributed by atoms with Gasteiger partial charge < -0.3 is 15.4 Å². The Morgan fingerprint density at radius 1 is 1.53 bits per heavy atom. The second-order valence-corrected chi connectivity index (χ2v) is 5.21. The second kappa shape index (κ2) is 5.67. The van der Waals surface area contributed by atoms with Gasteiger partial charge in [0.15, 0.2) is 0 Å². The zero-order valence-electron chi connectivity index (χ0n) is 10.8. The molecule has 2 aliphatic heterocycles. The number of nitrogens with one attached hydrogen (secondary N) is 2. The van der Waals surface area contributed by atoms with Crippen molar-refractivity contribution in [3.05, 3.63) is 30.1 Å². The molecular weight excluding hydrogens is 242 g/mol. The fraction of sp³-hybridized carbons (Fsp3) is 0.571. The summed E-state index contributed by atoms with van der Waals surface area (Å²) in [4.78, 5) is 16.3. The minimum atomic E-state index is 0.0259. The van der Waals surface area contributed by atoms with Gasteiger partial charge in [0.2, 0.25) is 5.91 Å². The maximum Gasteiger partial charge on any atom is 0.225 e. The highest BCUT2D eigenvalue weighted by molar-refractivity contribution is 5.79. The Hall–Kier alpha value is -1.46. The monoisotopic (exact) mass is 261 g/mol. The number of rotatable bonds is 3. The van der Waals surface area contributed by atoms with Crippen LogP contribution in [-0.4, -0.2) is 36.7 Å². The molecule has 1 amide bonds. The van der Waals surface area contributed by atoms with Crippen LogP contribution >= 0.6 is 0 Å².